The summed E-state index contributed by atoms with van der Waals surface area (Å²) in [4.78, 5) is 15.8. The van der Waals surface area contributed by atoms with Crippen molar-refractivity contribution >= 4 is 21.7 Å². The molecule has 0 saturated carbocycles. The number of nitrogens with two attached hydrogens (primary N) is 1. The van der Waals surface area contributed by atoms with E-state index in [0.29, 0.717) is 5.69 Å². The highest BCUT2D eigenvalue weighted by atomic mass is 32.2. The first-order valence-electron chi connectivity index (χ1n) is 5.59. The first kappa shape index (κ1) is 14.2. The molecular weight excluding hydrogens is 282 g/mol. The van der Waals surface area contributed by atoms with Crippen LogP contribution in [-0.4, -0.2) is 29.1 Å². The average Bonchev–Trinajstić information content (AvgIpc) is 2.70. The maximum atomic E-state index is 12.0. The van der Waals surface area contributed by atoms with Gasteiger partial charge < -0.3 is 5.32 Å². The fourth-order valence-corrected chi connectivity index (χ4v) is 2.26. The maximum absolute atomic E-state index is 12.0. The quantitative estimate of drug-likeness (QED) is 0.827. The first-order chi connectivity index (χ1) is 9.27. The Kier molecular flexibility index (Phi) is 3.55. The van der Waals surface area contributed by atoms with E-state index < -0.39 is 15.9 Å². The lowest BCUT2D eigenvalue weighted by Gasteiger charge is -2.04. The molecule has 0 saturated heterocycles. The number of carbonyl (C=O) groups is 1. The molecule has 0 bridgehead atoms. The van der Waals surface area contributed by atoms with Crippen molar-refractivity contribution < 1.29 is 13.2 Å². The van der Waals surface area contributed by atoms with Gasteiger partial charge in [-0.1, -0.05) is 6.07 Å². The highest BCUT2D eigenvalue weighted by Crippen LogP contribution is 2.17. The number of aryl methyl sites for hydroxylation is 2. The first-order valence-corrected chi connectivity index (χ1v) is 7.13. The Bertz CT molecular complexity index is 766. The van der Waals surface area contributed by atoms with E-state index in [0.717, 1.165) is 0 Å². The smallest absolute Gasteiger partial charge is 0.275 e. The van der Waals surface area contributed by atoms with Gasteiger partial charge in [0, 0.05) is 18.9 Å². The normalized spacial score (nSPS) is 11.3. The Labute approximate surface area is 115 Å². The molecular formula is C11H13N5O3S. The van der Waals surface area contributed by atoms with E-state index in [9.17, 15) is 13.2 Å². The number of hydrogen-bond donors (Lipinski definition) is 2. The lowest BCUT2D eigenvalue weighted by molar-refractivity contribution is 0.102. The fourth-order valence-electron chi connectivity index (χ4n) is 1.60. The lowest BCUT2D eigenvalue weighted by atomic mass is 10.3. The van der Waals surface area contributed by atoms with Crippen molar-refractivity contribution in [1.29, 1.82) is 0 Å². The van der Waals surface area contributed by atoms with Crippen LogP contribution in [0.5, 0.6) is 0 Å². The second-order valence-corrected chi connectivity index (χ2v) is 5.71. The van der Waals surface area contributed by atoms with Crippen LogP contribution in [0.3, 0.4) is 0 Å². The van der Waals surface area contributed by atoms with Crippen LogP contribution in [-0.2, 0) is 17.1 Å². The predicted molar refractivity (Wildman–Crippen MR) is 71.5 cm³/mol. The molecule has 0 unspecified atom stereocenters. The molecule has 2 rings (SSSR count). The molecule has 2 aromatic rings. The summed E-state index contributed by atoms with van der Waals surface area (Å²) in [6.07, 6.45) is 1.22. The van der Waals surface area contributed by atoms with Crippen molar-refractivity contribution in [2.45, 2.75) is 11.8 Å². The van der Waals surface area contributed by atoms with Crippen LogP contribution in [0.25, 0.3) is 0 Å². The molecule has 0 aliphatic carbocycles. The SMILES string of the molecule is Cc1cccc(C(=O)Nc2nn(C)cc2S(N)(=O)=O)n1. The van der Waals surface area contributed by atoms with Gasteiger partial charge in [0.25, 0.3) is 5.91 Å². The number of aromatic nitrogens is 3. The lowest BCUT2D eigenvalue weighted by Crippen LogP contribution is -2.18. The van der Waals surface area contributed by atoms with Gasteiger partial charge in [-0.2, -0.15) is 5.10 Å². The number of sulfonamides is 1. The van der Waals surface area contributed by atoms with Crippen LogP contribution in [0.15, 0.2) is 29.3 Å². The molecule has 0 fully saturated rings. The van der Waals surface area contributed by atoms with Crippen molar-refractivity contribution in [3.63, 3.8) is 0 Å². The molecule has 106 valence electrons. The molecule has 20 heavy (non-hydrogen) atoms. The van der Waals surface area contributed by atoms with Gasteiger partial charge in [-0.05, 0) is 19.1 Å². The molecule has 0 atom stereocenters. The topological polar surface area (TPSA) is 120 Å². The second kappa shape index (κ2) is 5.02. The number of pyridine rings is 1. The van der Waals surface area contributed by atoms with Crippen LogP contribution >= 0.6 is 0 Å². The third-order valence-corrected chi connectivity index (χ3v) is 3.37. The molecule has 0 spiro atoms. The Hall–Kier alpha value is -2.26. The number of nitrogens with zero attached hydrogens (tertiary/aromatic N) is 3. The summed E-state index contributed by atoms with van der Waals surface area (Å²) in [5.74, 6) is -0.680. The predicted octanol–water partition coefficient (Wildman–Crippen LogP) is 0.0232. The molecule has 1 amide bonds. The zero-order valence-corrected chi connectivity index (χ0v) is 11.7. The van der Waals surface area contributed by atoms with Crippen LogP contribution in [0.4, 0.5) is 5.82 Å². The third-order valence-electron chi connectivity index (χ3n) is 2.45. The summed E-state index contributed by atoms with van der Waals surface area (Å²) >= 11 is 0. The molecule has 9 heteroatoms. The zero-order valence-electron chi connectivity index (χ0n) is 10.9. The van der Waals surface area contributed by atoms with Crippen molar-refractivity contribution in [2.75, 3.05) is 5.32 Å². The maximum Gasteiger partial charge on any atom is 0.275 e. The minimum absolute atomic E-state index is 0.122. The molecule has 0 aliphatic heterocycles. The Morgan fingerprint density at radius 1 is 1.40 bits per heavy atom. The molecule has 2 heterocycles. The zero-order chi connectivity index (χ0) is 14.9. The standard InChI is InChI=1S/C11H13N5O3S/c1-7-4-3-5-8(13-7)11(17)14-10-9(20(12,18)19)6-16(2)15-10/h3-6H,1-2H3,(H2,12,18,19)(H,14,15,17). The number of rotatable bonds is 3. The monoisotopic (exact) mass is 295 g/mol. The number of amides is 1. The van der Waals surface area contributed by atoms with Crippen molar-refractivity contribution in [3.05, 3.63) is 35.8 Å². The summed E-state index contributed by atoms with van der Waals surface area (Å²) in [7, 11) is -2.44. The van der Waals surface area contributed by atoms with Gasteiger partial charge in [0.05, 0.1) is 0 Å². The van der Waals surface area contributed by atoms with Gasteiger partial charge in [-0.25, -0.2) is 18.5 Å². The number of hydrogen-bond acceptors (Lipinski definition) is 5. The van der Waals surface area contributed by atoms with E-state index in [1.54, 1.807) is 19.1 Å². The van der Waals surface area contributed by atoms with E-state index in [1.165, 1.54) is 24.0 Å². The van der Waals surface area contributed by atoms with Crippen LogP contribution in [0, 0.1) is 6.92 Å². The third kappa shape index (κ3) is 3.00. The second-order valence-electron chi connectivity index (χ2n) is 4.18. The minimum Gasteiger partial charge on any atom is -0.303 e. The van der Waals surface area contributed by atoms with Gasteiger partial charge in [-0.15, -0.1) is 0 Å². The largest absolute Gasteiger partial charge is 0.303 e. The van der Waals surface area contributed by atoms with E-state index in [1.807, 2.05) is 0 Å². The van der Waals surface area contributed by atoms with Crippen LogP contribution in [0.1, 0.15) is 16.2 Å². The van der Waals surface area contributed by atoms with Crippen molar-refractivity contribution in [1.82, 2.24) is 14.8 Å². The Morgan fingerprint density at radius 3 is 2.70 bits per heavy atom. The van der Waals surface area contributed by atoms with Crippen molar-refractivity contribution in [3.8, 4) is 0 Å². The molecule has 0 aliphatic rings. The number of carbonyl (C=O) groups excluding carboxylic acids is 1. The van der Waals surface area contributed by atoms with Gasteiger partial charge in [0.1, 0.15) is 10.6 Å². The number of anilines is 1. The van der Waals surface area contributed by atoms with Crippen molar-refractivity contribution in [2.24, 2.45) is 12.2 Å². The van der Waals surface area contributed by atoms with Crippen LogP contribution in [0.2, 0.25) is 0 Å². The van der Waals surface area contributed by atoms with E-state index in [2.05, 4.69) is 15.4 Å². The van der Waals surface area contributed by atoms with E-state index in [-0.39, 0.29) is 16.4 Å². The molecule has 0 aromatic carbocycles. The Balaban J connectivity index is 2.34. The fraction of sp³-hybridized carbons (Fsp3) is 0.182. The van der Waals surface area contributed by atoms with Gasteiger partial charge in [-0.3, -0.25) is 9.48 Å². The average molecular weight is 295 g/mol. The van der Waals surface area contributed by atoms with Gasteiger partial charge >= 0.3 is 0 Å². The molecule has 3 N–H and O–H groups in total. The number of primary sulfonamides is 1. The molecule has 8 nitrogen and oxygen atoms in total. The van der Waals surface area contributed by atoms with E-state index in [4.69, 9.17) is 5.14 Å². The summed E-state index contributed by atoms with van der Waals surface area (Å²) in [5, 5.41) is 11.3. The van der Waals surface area contributed by atoms with Gasteiger partial charge in [0.2, 0.25) is 10.0 Å². The summed E-state index contributed by atoms with van der Waals surface area (Å²) < 4.78 is 24.0. The van der Waals surface area contributed by atoms with E-state index >= 15 is 0 Å². The molecule has 0 radical (unpaired) electrons. The highest BCUT2D eigenvalue weighted by molar-refractivity contribution is 7.89. The minimum atomic E-state index is -3.97. The highest BCUT2D eigenvalue weighted by Gasteiger charge is 2.20. The Morgan fingerprint density at radius 2 is 2.10 bits per heavy atom. The number of nitrogens with one attached hydrogen (secondary N) is 1. The molecule has 2 aromatic heterocycles. The summed E-state index contributed by atoms with van der Waals surface area (Å²) in [6, 6.07) is 4.94. The summed E-state index contributed by atoms with van der Waals surface area (Å²) in [5.41, 5.74) is 0.835. The summed E-state index contributed by atoms with van der Waals surface area (Å²) in [6.45, 7) is 1.74. The van der Waals surface area contributed by atoms with Gasteiger partial charge in [0.15, 0.2) is 5.82 Å². The van der Waals surface area contributed by atoms with Crippen LogP contribution < -0.4 is 10.5 Å².